The van der Waals surface area contributed by atoms with Gasteiger partial charge in [-0.25, -0.2) is 13.8 Å². The van der Waals surface area contributed by atoms with Crippen LogP contribution in [0, 0.1) is 22.7 Å². The van der Waals surface area contributed by atoms with E-state index in [1.165, 1.54) is 6.07 Å². The lowest BCUT2D eigenvalue weighted by molar-refractivity contribution is 0.146. The molecule has 0 bridgehead atoms. The van der Waals surface area contributed by atoms with Crippen LogP contribution in [0.15, 0.2) is 6.07 Å². The molecule has 0 spiro atoms. The molecule has 0 aliphatic heterocycles. The van der Waals surface area contributed by atoms with E-state index < -0.39 is 12.1 Å². The number of aromatic nitrogens is 1. The maximum atomic E-state index is 12.4. The first-order valence-corrected chi connectivity index (χ1v) is 4.22. The van der Waals surface area contributed by atoms with Gasteiger partial charge in [0.15, 0.2) is 0 Å². The van der Waals surface area contributed by atoms with Crippen molar-refractivity contribution >= 4 is 11.6 Å². The van der Waals surface area contributed by atoms with E-state index >= 15 is 0 Å². The fourth-order valence-electron chi connectivity index (χ4n) is 1.00. The second-order valence-electron chi connectivity index (χ2n) is 2.61. The van der Waals surface area contributed by atoms with Gasteiger partial charge in [-0.3, -0.25) is 0 Å². The number of halogens is 3. The molecule has 0 aliphatic rings. The van der Waals surface area contributed by atoms with Crippen molar-refractivity contribution in [2.45, 2.75) is 12.8 Å². The zero-order valence-corrected chi connectivity index (χ0v) is 8.09. The molecule has 0 aromatic carbocycles. The molecule has 1 aromatic heterocycles. The normalized spacial score (nSPS) is 9.73. The number of pyridine rings is 1. The van der Waals surface area contributed by atoms with Crippen LogP contribution in [0.2, 0.25) is 5.02 Å². The Hall–Kier alpha value is -1.72. The summed E-state index contributed by atoms with van der Waals surface area (Å²) < 4.78 is 24.9. The molecule has 0 amide bonds. The molecule has 0 unspecified atom stereocenters. The molecule has 76 valence electrons. The summed E-state index contributed by atoms with van der Waals surface area (Å²) in [5.74, 6) is 0. The van der Waals surface area contributed by atoms with Crippen LogP contribution < -0.4 is 0 Å². The van der Waals surface area contributed by atoms with Crippen molar-refractivity contribution in [1.82, 2.24) is 4.98 Å². The standard InChI is InChI=1S/C9H4ClF2N3/c10-7-5(4-14)3-6(1-2-13)15-8(7)9(11)12/h3,9H,1H2. The summed E-state index contributed by atoms with van der Waals surface area (Å²) in [4.78, 5) is 3.51. The maximum Gasteiger partial charge on any atom is 0.281 e. The molecule has 3 nitrogen and oxygen atoms in total. The first-order valence-electron chi connectivity index (χ1n) is 3.84. The molecule has 0 saturated heterocycles. The molecule has 0 fully saturated rings. The Bertz CT molecular complexity index is 460. The molecule has 1 heterocycles. The first-order chi connectivity index (χ1) is 7.10. The molecule has 15 heavy (non-hydrogen) atoms. The fraction of sp³-hybridized carbons (Fsp3) is 0.222. The average Bonchev–Trinajstić information content (AvgIpc) is 2.20. The lowest BCUT2D eigenvalue weighted by Gasteiger charge is -2.05. The minimum absolute atomic E-state index is 0.0905. The van der Waals surface area contributed by atoms with Crippen LogP contribution in [0.3, 0.4) is 0 Å². The van der Waals surface area contributed by atoms with Gasteiger partial charge in [-0.05, 0) is 6.07 Å². The summed E-state index contributed by atoms with van der Waals surface area (Å²) >= 11 is 5.53. The van der Waals surface area contributed by atoms with Crippen molar-refractivity contribution in [3.63, 3.8) is 0 Å². The largest absolute Gasteiger partial charge is 0.281 e. The van der Waals surface area contributed by atoms with E-state index in [1.807, 2.05) is 0 Å². The van der Waals surface area contributed by atoms with Gasteiger partial charge in [-0.2, -0.15) is 10.5 Å². The number of rotatable bonds is 2. The Labute approximate surface area is 89.5 Å². The summed E-state index contributed by atoms with van der Waals surface area (Å²) in [5.41, 5.74) is -0.623. The summed E-state index contributed by atoms with van der Waals surface area (Å²) in [6.45, 7) is 0. The number of hydrogen-bond donors (Lipinski definition) is 0. The Morgan fingerprint density at radius 2 is 2.13 bits per heavy atom. The van der Waals surface area contributed by atoms with Gasteiger partial charge >= 0.3 is 0 Å². The highest BCUT2D eigenvalue weighted by Crippen LogP contribution is 2.28. The Kier molecular flexibility index (Phi) is 3.54. The first kappa shape index (κ1) is 11.4. The second-order valence-corrected chi connectivity index (χ2v) is 2.99. The molecule has 1 aromatic rings. The molecular weight excluding hydrogens is 224 g/mol. The summed E-state index contributed by atoms with van der Waals surface area (Å²) in [6.07, 6.45) is -2.99. The number of hydrogen-bond acceptors (Lipinski definition) is 3. The van der Waals surface area contributed by atoms with E-state index in [9.17, 15) is 8.78 Å². The van der Waals surface area contributed by atoms with E-state index in [-0.39, 0.29) is 22.7 Å². The topological polar surface area (TPSA) is 60.5 Å². The Morgan fingerprint density at radius 3 is 2.60 bits per heavy atom. The molecule has 0 radical (unpaired) electrons. The van der Waals surface area contributed by atoms with E-state index in [0.717, 1.165) is 0 Å². The lowest BCUT2D eigenvalue weighted by Crippen LogP contribution is -1.99. The van der Waals surface area contributed by atoms with Crippen LogP contribution in [-0.4, -0.2) is 4.98 Å². The van der Waals surface area contributed by atoms with E-state index in [1.54, 1.807) is 12.1 Å². The zero-order chi connectivity index (χ0) is 11.4. The van der Waals surface area contributed by atoms with Crippen molar-refractivity contribution in [2.24, 2.45) is 0 Å². The van der Waals surface area contributed by atoms with Crippen molar-refractivity contribution < 1.29 is 8.78 Å². The van der Waals surface area contributed by atoms with Gasteiger partial charge in [-0.15, -0.1) is 0 Å². The van der Waals surface area contributed by atoms with E-state index in [4.69, 9.17) is 22.1 Å². The molecular formula is C9H4ClF2N3. The predicted octanol–water partition coefficient (Wildman–Crippen LogP) is 2.61. The second kappa shape index (κ2) is 4.68. The fourth-order valence-corrected chi connectivity index (χ4v) is 1.22. The lowest BCUT2D eigenvalue weighted by atomic mass is 10.2. The van der Waals surface area contributed by atoms with Gasteiger partial charge < -0.3 is 0 Å². The zero-order valence-electron chi connectivity index (χ0n) is 7.34. The van der Waals surface area contributed by atoms with Gasteiger partial charge in [0.25, 0.3) is 6.43 Å². The third kappa shape index (κ3) is 2.39. The van der Waals surface area contributed by atoms with Gasteiger partial charge in [0.2, 0.25) is 0 Å². The Balaban J connectivity index is 3.35. The van der Waals surface area contributed by atoms with Crippen molar-refractivity contribution in [2.75, 3.05) is 0 Å². The van der Waals surface area contributed by atoms with Crippen LogP contribution >= 0.6 is 11.6 Å². The minimum Gasteiger partial charge on any atom is -0.249 e. The van der Waals surface area contributed by atoms with Crippen LogP contribution in [0.5, 0.6) is 0 Å². The molecule has 0 N–H and O–H groups in total. The third-order valence-corrected chi connectivity index (χ3v) is 2.02. The van der Waals surface area contributed by atoms with E-state index in [0.29, 0.717) is 0 Å². The number of nitrogens with zero attached hydrogens (tertiary/aromatic N) is 3. The quantitative estimate of drug-likeness (QED) is 0.780. The highest BCUT2D eigenvalue weighted by molar-refractivity contribution is 6.32. The highest BCUT2D eigenvalue weighted by Gasteiger charge is 2.18. The molecule has 6 heteroatoms. The predicted molar refractivity (Wildman–Crippen MR) is 48.2 cm³/mol. The van der Waals surface area contributed by atoms with Crippen molar-refractivity contribution in [1.29, 1.82) is 10.5 Å². The molecule has 1 rings (SSSR count). The van der Waals surface area contributed by atoms with E-state index in [2.05, 4.69) is 4.98 Å². The van der Waals surface area contributed by atoms with Gasteiger partial charge in [0.1, 0.15) is 11.8 Å². The maximum absolute atomic E-state index is 12.4. The summed E-state index contributed by atoms with van der Waals surface area (Å²) in [7, 11) is 0. The smallest absolute Gasteiger partial charge is 0.249 e. The summed E-state index contributed by atoms with van der Waals surface area (Å²) in [6, 6.07) is 4.67. The third-order valence-electron chi connectivity index (χ3n) is 1.62. The average molecular weight is 228 g/mol. The van der Waals surface area contributed by atoms with Crippen molar-refractivity contribution in [3.05, 3.63) is 28.0 Å². The van der Waals surface area contributed by atoms with Crippen LogP contribution in [0.25, 0.3) is 0 Å². The molecule has 0 atom stereocenters. The monoisotopic (exact) mass is 227 g/mol. The minimum atomic E-state index is -2.86. The SMILES string of the molecule is N#CCc1cc(C#N)c(Cl)c(C(F)F)n1. The van der Waals surface area contributed by atoms with Gasteiger partial charge in [-0.1, -0.05) is 11.6 Å². The van der Waals surface area contributed by atoms with Gasteiger partial charge in [0.05, 0.1) is 28.8 Å². The molecule has 0 aliphatic carbocycles. The number of nitriles is 2. The number of alkyl halides is 2. The molecule has 0 saturated carbocycles. The highest BCUT2D eigenvalue weighted by atomic mass is 35.5. The van der Waals surface area contributed by atoms with Crippen molar-refractivity contribution in [3.8, 4) is 12.1 Å². The van der Waals surface area contributed by atoms with Gasteiger partial charge in [0, 0.05) is 0 Å². The van der Waals surface area contributed by atoms with Crippen LogP contribution in [-0.2, 0) is 6.42 Å². The summed E-state index contributed by atoms with van der Waals surface area (Å²) in [5, 5.41) is 16.7. The van der Waals surface area contributed by atoms with Crippen LogP contribution in [0.1, 0.15) is 23.4 Å². The van der Waals surface area contributed by atoms with Crippen LogP contribution in [0.4, 0.5) is 8.78 Å². The Morgan fingerprint density at radius 1 is 1.47 bits per heavy atom.